The molecular weight excluding hydrogens is 479 g/mol. The molecule has 1 aliphatic heterocycles. The van der Waals surface area contributed by atoms with Crippen LogP contribution in [0, 0.1) is 0 Å². The van der Waals surface area contributed by atoms with E-state index in [2.05, 4.69) is 5.10 Å². The van der Waals surface area contributed by atoms with Gasteiger partial charge in [-0.05, 0) is 41.8 Å². The normalized spacial score (nSPS) is 15.6. The summed E-state index contributed by atoms with van der Waals surface area (Å²) in [5, 5.41) is 7.87. The topological polar surface area (TPSA) is 62.2 Å². The third kappa shape index (κ3) is 5.22. The fraction of sp³-hybridized carbons (Fsp3) is 0.240. The third-order valence-corrected chi connectivity index (χ3v) is 6.57. The van der Waals surface area contributed by atoms with Crippen LogP contribution in [0.4, 0.5) is 13.2 Å². The van der Waals surface area contributed by atoms with Crippen LogP contribution in [-0.2, 0) is 11.0 Å². The minimum absolute atomic E-state index is 0.0544. The van der Waals surface area contributed by atoms with Crippen molar-refractivity contribution in [1.82, 2.24) is 9.91 Å². The predicted molar refractivity (Wildman–Crippen MR) is 126 cm³/mol. The highest BCUT2D eigenvalue weighted by Gasteiger charge is 2.36. The second-order valence-electron chi connectivity index (χ2n) is 7.96. The number of rotatable bonds is 6. The molecule has 2 aromatic carbocycles. The molecule has 0 saturated carbocycles. The molecule has 0 radical (unpaired) electrons. The summed E-state index contributed by atoms with van der Waals surface area (Å²) in [7, 11) is 2.98. The molecule has 0 saturated heterocycles. The Morgan fingerprint density at radius 3 is 2.46 bits per heavy atom. The number of hydrogen-bond acceptors (Lipinski definition) is 5. The molecule has 6 nitrogen and oxygen atoms in total. The molecule has 2 amide bonds. The summed E-state index contributed by atoms with van der Waals surface area (Å²) < 4.78 is 44.0. The van der Waals surface area contributed by atoms with Crippen molar-refractivity contribution in [2.24, 2.45) is 5.10 Å². The monoisotopic (exact) mass is 501 g/mol. The molecular formula is C25H22F3N3O3S. The van der Waals surface area contributed by atoms with Gasteiger partial charge in [-0.1, -0.05) is 24.3 Å². The van der Waals surface area contributed by atoms with Crippen LogP contribution >= 0.6 is 11.3 Å². The number of alkyl halides is 3. The Labute approximate surface area is 204 Å². The Kier molecular flexibility index (Phi) is 6.93. The fourth-order valence-corrected chi connectivity index (χ4v) is 4.61. The van der Waals surface area contributed by atoms with E-state index in [1.807, 2.05) is 35.7 Å². The second-order valence-corrected chi connectivity index (χ2v) is 8.91. The van der Waals surface area contributed by atoms with Gasteiger partial charge in [0.25, 0.3) is 11.8 Å². The molecule has 1 aliphatic rings. The average Bonchev–Trinajstić information content (AvgIpc) is 3.53. The summed E-state index contributed by atoms with van der Waals surface area (Å²) in [4.78, 5) is 28.2. The maximum Gasteiger partial charge on any atom is 0.416 e. The van der Waals surface area contributed by atoms with Crippen molar-refractivity contribution in [3.8, 4) is 5.75 Å². The summed E-state index contributed by atoms with van der Waals surface area (Å²) >= 11 is 1.52. The number of methoxy groups -OCH3 is 1. The number of hydrazone groups is 1. The number of halogens is 3. The number of carbonyl (C=O) groups is 2. The summed E-state index contributed by atoms with van der Waals surface area (Å²) in [6.07, 6.45) is -4.02. The quantitative estimate of drug-likeness (QED) is 0.465. The van der Waals surface area contributed by atoms with Crippen LogP contribution in [0.25, 0.3) is 0 Å². The molecule has 1 atom stereocenters. The minimum Gasteiger partial charge on any atom is -0.496 e. The first-order valence-electron chi connectivity index (χ1n) is 10.7. The van der Waals surface area contributed by atoms with E-state index in [1.54, 1.807) is 13.2 Å². The van der Waals surface area contributed by atoms with Crippen molar-refractivity contribution in [1.29, 1.82) is 0 Å². The van der Waals surface area contributed by atoms with Crippen LogP contribution in [0.15, 0.2) is 71.1 Å². The molecule has 1 unspecified atom stereocenters. The molecule has 0 N–H and O–H groups in total. The molecule has 3 aromatic rings. The van der Waals surface area contributed by atoms with Gasteiger partial charge in [0, 0.05) is 24.6 Å². The number of benzene rings is 2. The molecule has 182 valence electrons. The van der Waals surface area contributed by atoms with Gasteiger partial charge in [0.05, 0.1) is 29.3 Å². The molecule has 35 heavy (non-hydrogen) atoms. The van der Waals surface area contributed by atoms with E-state index in [1.165, 1.54) is 28.3 Å². The highest BCUT2D eigenvalue weighted by Crippen LogP contribution is 2.38. The van der Waals surface area contributed by atoms with Gasteiger partial charge >= 0.3 is 6.18 Å². The van der Waals surface area contributed by atoms with Crippen molar-refractivity contribution in [3.05, 3.63) is 87.6 Å². The highest BCUT2D eigenvalue weighted by atomic mass is 32.1. The maximum absolute atomic E-state index is 13.3. The van der Waals surface area contributed by atoms with E-state index >= 15 is 0 Å². The van der Waals surface area contributed by atoms with E-state index < -0.39 is 29.6 Å². The first-order valence-corrected chi connectivity index (χ1v) is 11.6. The highest BCUT2D eigenvalue weighted by molar-refractivity contribution is 7.12. The number of ether oxygens (including phenoxy) is 1. The molecule has 10 heteroatoms. The van der Waals surface area contributed by atoms with Gasteiger partial charge in [0.15, 0.2) is 0 Å². The van der Waals surface area contributed by atoms with Crippen molar-refractivity contribution in [2.75, 3.05) is 20.7 Å². The lowest BCUT2D eigenvalue weighted by Crippen LogP contribution is -2.39. The lowest BCUT2D eigenvalue weighted by Gasteiger charge is -2.26. The molecule has 0 fully saturated rings. The zero-order valence-corrected chi connectivity index (χ0v) is 19.8. The Morgan fingerprint density at radius 2 is 1.83 bits per heavy atom. The first kappa shape index (κ1) is 24.5. The van der Waals surface area contributed by atoms with Gasteiger partial charge in [0.2, 0.25) is 0 Å². The van der Waals surface area contributed by atoms with Crippen LogP contribution in [0.5, 0.6) is 5.75 Å². The number of thiophene rings is 1. The Hall–Kier alpha value is -3.66. The van der Waals surface area contributed by atoms with Gasteiger partial charge in [-0.15, -0.1) is 11.3 Å². The van der Waals surface area contributed by atoms with Gasteiger partial charge in [0.1, 0.15) is 12.3 Å². The summed E-state index contributed by atoms with van der Waals surface area (Å²) in [6.45, 7) is -0.299. The van der Waals surface area contributed by atoms with Crippen LogP contribution < -0.4 is 4.74 Å². The number of nitrogens with zero attached hydrogens (tertiary/aromatic N) is 3. The van der Waals surface area contributed by atoms with E-state index in [9.17, 15) is 22.8 Å². The molecule has 1 aromatic heterocycles. The van der Waals surface area contributed by atoms with Crippen molar-refractivity contribution >= 4 is 28.9 Å². The van der Waals surface area contributed by atoms with Gasteiger partial charge in [-0.3, -0.25) is 9.59 Å². The Bertz CT molecular complexity index is 1240. The Balaban J connectivity index is 1.55. The average molecular weight is 502 g/mol. The molecule has 4 rings (SSSR count). The number of hydrogen-bond donors (Lipinski definition) is 0. The van der Waals surface area contributed by atoms with E-state index in [0.717, 1.165) is 40.4 Å². The third-order valence-electron chi connectivity index (χ3n) is 5.65. The maximum atomic E-state index is 13.3. The number of para-hydroxylation sites is 1. The largest absolute Gasteiger partial charge is 0.496 e. The SMILES string of the molecule is COc1ccccc1C1CC(c2cccs2)=NN1C(=O)CN(C)C(=O)c1ccc(C(F)(F)F)cc1. The molecule has 0 spiro atoms. The van der Waals surface area contributed by atoms with Crippen molar-refractivity contribution < 1.29 is 27.5 Å². The van der Waals surface area contributed by atoms with Crippen LogP contribution in [0.1, 0.15) is 38.8 Å². The lowest BCUT2D eigenvalue weighted by atomic mass is 10.00. The summed E-state index contributed by atoms with van der Waals surface area (Å²) in [5.74, 6) is -0.370. The van der Waals surface area contributed by atoms with Gasteiger partial charge < -0.3 is 9.64 Å². The van der Waals surface area contributed by atoms with Crippen LogP contribution in [-0.4, -0.2) is 48.1 Å². The molecule has 2 heterocycles. The first-order chi connectivity index (χ1) is 16.7. The van der Waals surface area contributed by atoms with E-state index in [4.69, 9.17) is 4.74 Å². The van der Waals surface area contributed by atoms with Crippen molar-refractivity contribution in [3.63, 3.8) is 0 Å². The standard InChI is InChI=1S/C25H22F3N3O3S/c1-30(24(33)16-9-11-17(12-10-16)25(26,27)28)15-23(32)31-20(18-6-3-4-7-21(18)34-2)14-19(29-31)22-8-5-13-35-22/h3-13,20H,14-15H2,1-2H3. The molecule has 0 aliphatic carbocycles. The van der Waals surface area contributed by atoms with Crippen molar-refractivity contribution in [2.45, 2.75) is 18.6 Å². The number of amides is 2. The lowest BCUT2D eigenvalue weighted by molar-refractivity contribution is -0.137. The van der Waals surface area contributed by atoms with E-state index in [-0.39, 0.29) is 12.1 Å². The van der Waals surface area contributed by atoms with E-state index in [0.29, 0.717) is 12.2 Å². The zero-order valence-electron chi connectivity index (χ0n) is 19.0. The number of likely N-dealkylation sites (N-methyl/N-ethyl adjacent to an activating group) is 1. The number of carbonyl (C=O) groups excluding carboxylic acids is 2. The zero-order chi connectivity index (χ0) is 25.2. The molecule has 0 bridgehead atoms. The predicted octanol–water partition coefficient (Wildman–Crippen LogP) is 5.23. The summed E-state index contributed by atoms with van der Waals surface area (Å²) in [6, 6.07) is 14.7. The van der Waals surface area contributed by atoms with Gasteiger partial charge in [-0.2, -0.15) is 18.3 Å². The Morgan fingerprint density at radius 1 is 1.11 bits per heavy atom. The smallest absolute Gasteiger partial charge is 0.416 e. The van der Waals surface area contributed by atoms with Gasteiger partial charge in [-0.25, -0.2) is 5.01 Å². The summed E-state index contributed by atoms with van der Waals surface area (Å²) in [5.41, 5.74) is 0.745. The fourth-order valence-electron chi connectivity index (χ4n) is 3.89. The van der Waals surface area contributed by atoms with Crippen LogP contribution in [0.3, 0.4) is 0 Å². The van der Waals surface area contributed by atoms with Crippen LogP contribution in [0.2, 0.25) is 0 Å². The minimum atomic E-state index is -4.50. The second kappa shape index (κ2) is 9.91.